The average Bonchev–Trinajstić information content (AvgIpc) is 3.13. The van der Waals surface area contributed by atoms with Gasteiger partial charge < -0.3 is 10.1 Å². The number of nitrogens with zero attached hydrogens (tertiary/aromatic N) is 1. The number of benzene rings is 1. The molecule has 1 aromatic carbocycles. The van der Waals surface area contributed by atoms with Crippen LogP contribution in [0.5, 0.6) is 0 Å². The van der Waals surface area contributed by atoms with Crippen LogP contribution >= 0.6 is 0 Å². The van der Waals surface area contributed by atoms with E-state index in [0.29, 0.717) is 25.2 Å². The second kappa shape index (κ2) is 9.31. The van der Waals surface area contributed by atoms with Crippen LogP contribution in [0.15, 0.2) is 29.2 Å². The Labute approximate surface area is 150 Å². The number of carbonyl (C=O) groups is 1. The molecule has 140 valence electrons. The monoisotopic (exact) mass is 368 g/mol. The first kappa shape index (κ1) is 19.9. The summed E-state index contributed by atoms with van der Waals surface area (Å²) in [4.78, 5) is 12.5. The normalized spacial score (nSPS) is 17.8. The van der Waals surface area contributed by atoms with Crippen LogP contribution in [0.1, 0.15) is 49.9 Å². The van der Waals surface area contributed by atoms with Gasteiger partial charge in [-0.05, 0) is 43.9 Å². The molecule has 1 N–H and O–H groups in total. The summed E-state index contributed by atoms with van der Waals surface area (Å²) in [6.45, 7) is 6.05. The number of hydrogen-bond acceptors (Lipinski definition) is 4. The number of sulfonamides is 1. The molecule has 0 aliphatic carbocycles. The maximum absolute atomic E-state index is 12.8. The van der Waals surface area contributed by atoms with Crippen LogP contribution in [0, 0.1) is 0 Å². The Morgan fingerprint density at radius 3 is 2.60 bits per heavy atom. The highest BCUT2D eigenvalue weighted by atomic mass is 32.2. The van der Waals surface area contributed by atoms with E-state index in [0.717, 1.165) is 32.3 Å². The van der Waals surface area contributed by atoms with Crippen LogP contribution in [0.4, 0.5) is 0 Å². The number of carbonyl (C=O) groups excluding carboxylic acids is 1. The number of rotatable bonds is 9. The Morgan fingerprint density at radius 2 is 2.00 bits per heavy atom. The van der Waals surface area contributed by atoms with E-state index in [2.05, 4.69) is 5.32 Å². The van der Waals surface area contributed by atoms with Crippen molar-refractivity contribution in [2.45, 2.75) is 50.5 Å². The Balaban J connectivity index is 2.11. The van der Waals surface area contributed by atoms with Gasteiger partial charge in [-0.25, -0.2) is 8.42 Å². The summed E-state index contributed by atoms with van der Waals surface area (Å²) >= 11 is 0. The zero-order chi connectivity index (χ0) is 18.3. The Morgan fingerprint density at radius 1 is 1.28 bits per heavy atom. The summed E-state index contributed by atoms with van der Waals surface area (Å²) in [5.74, 6) is -0.273. The molecule has 0 radical (unpaired) electrons. The summed E-state index contributed by atoms with van der Waals surface area (Å²) < 4.78 is 32.6. The predicted molar refractivity (Wildman–Crippen MR) is 97.1 cm³/mol. The van der Waals surface area contributed by atoms with Crippen molar-refractivity contribution < 1.29 is 17.9 Å². The Kier molecular flexibility index (Phi) is 7.40. The first-order chi connectivity index (χ1) is 12.0. The van der Waals surface area contributed by atoms with Gasteiger partial charge in [0, 0.05) is 31.8 Å². The molecule has 1 fully saturated rings. The molecule has 6 nitrogen and oxygen atoms in total. The molecular formula is C18H28N2O4S. The van der Waals surface area contributed by atoms with E-state index < -0.39 is 10.0 Å². The van der Waals surface area contributed by atoms with Crippen molar-refractivity contribution in [3.63, 3.8) is 0 Å². The van der Waals surface area contributed by atoms with E-state index in [1.54, 1.807) is 18.2 Å². The molecule has 25 heavy (non-hydrogen) atoms. The third kappa shape index (κ3) is 5.26. The second-order valence-corrected chi connectivity index (χ2v) is 8.21. The van der Waals surface area contributed by atoms with Crippen LogP contribution in [0.2, 0.25) is 0 Å². The van der Waals surface area contributed by atoms with Gasteiger partial charge in [0.15, 0.2) is 0 Å². The largest absolute Gasteiger partial charge is 0.376 e. The van der Waals surface area contributed by atoms with Crippen LogP contribution in [0.3, 0.4) is 0 Å². The maximum Gasteiger partial charge on any atom is 0.251 e. The zero-order valence-corrected chi connectivity index (χ0v) is 15.8. The maximum atomic E-state index is 12.8. The summed E-state index contributed by atoms with van der Waals surface area (Å²) in [6.07, 6.45) is 3.51. The fourth-order valence-corrected chi connectivity index (χ4v) is 4.58. The van der Waals surface area contributed by atoms with E-state index in [9.17, 15) is 13.2 Å². The standard InChI is InChI=1S/C18H28N2O4S/c1-3-10-20(11-4-2)25(22,23)17-9-5-7-15(13-17)18(21)19-14-16-8-6-12-24-16/h5,7,9,13,16H,3-4,6,8,10-12,14H2,1-2H3,(H,19,21)/t16-/m1/s1. The first-order valence-electron chi connectivity index (χ1n) is 8.99. The zero-order valence-electron chi connectivity index (χ0n) is 15.0. The van der Waals surface area contributed by atoms with Gasteiger partial charge in [0.25, 0.3) is 5.91 Å². The van der Waals surface area contributed by atoms with Gasteiger partial charge in [-0.3, -0.25) is 4.79 Å². The molecule has 1 aliphatic rings. The lowest BCUT2D eigenvalue weighted by Crippen LogP contribution is -2.33. The highest BCUT2D eigenvalue weighted by molar-refractivity contribution is 7.89. The molecule has 0 aromatic heterocycles. The van der Waals surface area contributed by atoms with Gasteiger partial charge in [0.05, 0.1) is 11.0 Å². The Hall–Kier alpha value is -1.44. The summed E-state index contributed by atoms with van der Waals surface area (Å²) in [5, 5.41) is 2.83. The summed E-state index contributed by atoms with van der Waals surface area (Å²) in [5.41, 5.74) is 0.354. The van der Waals surface area contributed by atoms with Crippen LogP contribution < -0.4 is 5.32 Å². The van der Waals surface area contributed by atoms with Crippen molar-refractivity contribution >= 4 is 15.9 Å². The van der Waals surface area contributed by atoms with Gasteiger partial charge in [0.1, 0.15) is 0 Å². The van der Waals surface area contributed by atoms with E-state index >= 15 is 0 Å². The highest BCUT2D eigenvalue weighted by Crippen LogP contribution is 2.18. The Bertz CT molecular complexity index is 663. The summed E-state index contributed by atoms with van der Waals surface area (Å²) in [7, 11) is -3.58. The molecule has 1 aliphatic heterocycles. The van der Waals surface area contributed by atoms with Gasteiger partial charge >= 0.3 is 0 Å². The topological polar surface area (TPSA) is 75.7 Å². The van der Waals surface area contributed by atoms with Crippen molar-refractivity contribution in [2.75, 3.05) is 26.2 Å². The minimum absolute atomic E-state index is 0.0560. The third-order valence-electron chi connectivity index (χ3n) is 4.19. The van der Waals surface area contributed by atoms with E-state index in [1.165, 1.54) is 10.4 Å². The van der Waals surface area contributed by atoms with Gasteiger partial charge in [-0.1, -0.05) is 19.9 Å². The molecule has 7 heteroatoms. The van der Waals surface area contributed by atoms with Gasteiger partial charge in [-0.2, -0.15) is 4.31 Å². The minimum Gasteiger partial charge on any atom is -0.376 e. The van der Waals surface area contributed by atoms with Crippen LogP contribution in [-0.2, 0) is 14.8 Å². The second-order valence-electron chi connectivity index (χ2n) is 6.28. The molecule has 2 rings (SSSR count). The molecule has 0 saturated carbocycles. The fraction of sp³-hybridized carbons (Fsp3) is 0.611. The van der Waals surface area contributed by atoms with Crippen molar-refractivity contribution in [1.29, 1.82) is 0 Å². The average molecular weight is 368 g/mol. The van der Waals surface area contributed by atoms with Crippen molar-refractivity contribution in [2.24, 2.45) is 0 Å². The molecule has 0 unspecified atom stereocenters. The highest BCUT2D eigenvalue weighted by Gasteiger charge is 2.24. The lowest BCUT2D eigenvalue weighted by Gasteiger charge is -2.21. The molecule has 1 atom stereocenters. The molecule has 0 spiro atoms. The van der Waals surface area contributed by atoms with Crippen LogP contribution in [-0.4, -0.2) is 51.0 Å². The van der Waals surface area contributed by atoms with E-state index in [-0.39, 0.29) is 16.9 Å². The predicted octanol–water partition coefficient (Wildman–Crippen LogP) is 2.41. The third-order valence-corrected chi connectivity index (χ3v) is 6.09. The first-order valence-corrected chi connectivity index (χ1v) is 10.4. The SMILES string of the molecule is CCCN(CCC)S(=O)(=O)c1cccc(C(=O)NC[C@H]2CCCO2)c1. The number of hydrogen-bond donors (Lipinski definition) is 1. The molecule has 1 saturated heterocycles. The number of nitrogens with one attached hydrogen (secondary N) is 1. The van der Waals surface area contributed by atoms with Crippen molar-refractivity contribution in [1.82, 2.24) is 9.62 Å². The minimum atomic E-state index is -3.58. The smallest absolute Gasteiger partial charge is 0.251 e. The number of amides is 1. The van der Waals surface area contributed by atoms with Gasteiger partial charge in [-0.15, -0.1) is 0 Å². The molecule has 1 heterocycles. The number of ether oxygens (including phenoxy) is 1. The lowest BCUT2D eigenvalue weighted by atomic mass is 10.2. The molecule has 1 amide bonds. The molecular weight excluding hydrogens is 340 g/mol. The summed E-state index contributed by atoms with van der Waals surface area (Å²) in [6, 6.07) is 6.25. The van der Waals surface area contributed by atoms with E-state index in [1.807, 2.05) is 13.8 Å². The lowest BCUT2D eigenvalue weighted by molar-refractivity contribution is 0.0857. The fourth-order valence-electron chi connectivity index (χ4n) is 2.91. The van der Waals surface area contributed by atoms with Crippen molar-refractivity contribution in [3.05, 3.63) is 29.8 Å². The van der Waals surface area contributed by atoms with Crippen molar-refractivity contribution in [3.8, 4) is 0 Å². The van der Waals surface area contributed by atoms with E-state index in [4.69, 9.17) is 4.74 Å². The quantitative estimate of drug-likeness (QED) is 0.726. The molecule has 1 aromatic rings. The van der Waals surface area contributed by atoms with Crippen LogP contribution in [0.25, 0.3) is 0 Å². The van der Waals surface area contributed by atoms with Gasteiger partial charge in [0.2, 0.25) is 10.0 Å². The molecule has 0 bridgehead atoms.